The summed E-state index contributed by atoms with van der Waals surface area (Å²) in [6.45, 7) is 3.77. The molecule has 0 saturated carbocycles. The largest absolute Gasteiger partial charge is 0.409 e. The van der Waals surface area contributed by atoms with Crippen LogP contribution >= 0.6 is 23.4 Å². The van der Waals surface area contributed by atoms with Crippen molar-refractivity contribution in [3.63, 3.8) is 0 Å². The van der Waals surface area contributed by atoms with Crippen LogP contribution in [0.15, 0.2) is 40.4 Å². The van der Waals surface area contributed by atoms with Crippen molar-refractivity contribution in [3.8, 4) is 0 Å². The molecule has 4 nitrogen and oxygen atoms in total. The molecule has 0 amide bonds. The first-order valence-electron chi connectivity index (χ1n) is 6.35. The van der Waals surface area contributed by atoms with E-state index >= 15 is 0 Å². The summed E-state index contributed by atoms with van der Waals surface area (Å²) in [5.41, 5.74) is 9.11. The molecule has 0 fully saturated rings. The molecule has 1 aromatic carbocycles. The van der Waals surface area contributed by atoms with Gasteiger partial charge >= 0.3 is 0 Å². The van der Waals surface area contributed by atoms with E-state index in [0.29, 0.717) is 11.3 Å². The molecule has 0 spiro atoms. The summed E-state index contributed by atoms with van der Waals surface area (Å²) in [4.78, 5) is 5.29. The fourth-order valence-electron chi connectivity index (χ4n) is 2.04. The molecule has 0 aliphatic heterocycles. The number of oxime groups is 1. The van der Waals surface area contributed by atoms with Crippen molar-refractivity contribution in [1.29, 1.82) is 0 Å². The lowest BCUT2D eigenvalue weighted by Crippen LogP contribution is -2.17. The summed E-state index contributed by atoms with van der Waals surface area (Å²) in [5, 5.41) is 12.8. The Labute approximate surface area is 133 Å². The average molecular weight is 322 g/mol. The zero-order valence-corrected chi connectivity index (χ0v) is 13.4. The van der Waals surface area contributed by atoms with Crippen LogP contribution in [0.25, 0.3) is 0 Å². The fraction of sp³-hybridized carbons (Fsp3) is 0.200. The number of halogens is 1. The topological polar surface area (TPSA) is 71.5 Å². The maximum atomic E-state index is 8.94. The van der Waals surface area contributed by atoms with Crippen molar-refractivity contribution in [2.75, 3.05) is 0 Å². The van der Waals surface area contributed by atoms with Gasteiger partial charge in [-0.15, -0.1) is 11.8 Å². The zero-order valence-electron chi connectivity index (χ0n) is 11.8. The highest BCUT2D eigenvalue weighted by atomic mass is 35.5. The van der Waals surface area contributed by atoms with E-state index in [1.165, 1.54) is 0 Å². The molecule has 21 heavy (non-hydrogen) atoms. The van der Waals surface area contributed by atoms with Crippen molar-refractivity contribution in [3.05, 3.63) is 57.9 Å². The van der Waals surface area contributed by atoms with Crippen LogP contribution in [-0.4, -0.2) is 16.0 Å². The molecule has 0 atom stereocenters. The Morgan fingerprint density at radius 1 is 1.38 bits per heavy atom. The highest BCUT2D eigenvalue weighted by molar-refractivity contribution is 7.98. The zero-order chi connectivity index (χ0) is 15.4. The summed E-state index contributed by atoms with van der Waals surface area (Å²) < 4.78 is 0. The second-order valence-corrected chi connectivity index (χ2v) is 6.01. The number of amidine groups is 1. The number of aryl methyl sites for hydroxylation is 2. The van der Waals surface area contributed by atoms with Gasteiger partial charge in [-0.25, -0.2) is 0 Å². The highest BCUT2D eigenvalue weighted by Crippen LogP contribution is 2.30. The molecule has 110 valence electrons. The predicted octanol–water partition coefficient (Wildman–Crippen LogP) is 3.74. The monoisotopic (exact) mass is 321 g/mol. The van der Waals surface area contributed by atoms with Gasteiger partial charge < -0.3 is 10.9 Å². The Morgan fingerprint density at radius 2 is 2.10 bits per heavy atom. The maximum Gasteiger partial charge on any atom is 0.173 e. The second-order valence-electron chi connectivity index (χ2n) is 4.59. The third-order valence-electron chi connectivity index (χ3n) is 3.00. The normalized spacial score (nSPS) is 11.7. The smallest absolute Gasteiger partial charge is 0.173 e. The first kappa shape index (κ1) is 15.7. The average Bonchev–Trinajstić information content (AvgIpc) is 2.45. The van der Waals surface area contributed by atoms with Crippen molar-refractivity contribution in [1.82, 2.24) is 4.98 Å². The number of nitrogens with zero attached hydrogens (tertiary/aromatic N) is 2. The van der Waals surface area contributed by atoms with E-state index in [-0.39, 0.29) is 5.84 Å². The Kier molecular flexibility index (Phi) is 5.09. The molecule has 3 N–H and O–H groups in total. The van der Waals surface area contributed by atoms with Gasteiger partial charge in [-0.2, -0.15) is 0 Å². The van der Waals surface area contributed by atoms with Gasteiger partial charge in [-0.05, 0) is 31.5 Å². The van der Waals surface area contributed by atoms with E-state index < -0.39 is 0 Å². The van der Waals surface area contributed by atoms with Gasteiger partial charge in [-0.3, -0.25) is 4.98 Å². The van der Waals surface area contributed by atoms with Gasteiger partial charge in [0.15, 0.2) is 5.84 Å². The van der Waals surface area contributed by atoms with Crippen LogP contribution in [0.4, 0.5) is 0 Å². The molecule has 6 heteroatoms. The number of hydrogen-bond acceptors (Lipinski definition) is 4. The van der Waals surface area contributed by atoms with E-state index in [4.69, 9.17) is 22.5 Å². The lowest BCUT2D eigenvalue weighted by molar-refractivity contribution is 0.318. The molecule has 1 heterocycles. The van der Waals surface area contributed by atoms with Crippen LogP contribution in [0, 0.1) is 13.8 Å². The van der Waals surface area contributed by atoms with Crippen LogP contribution in [0.2, 0.25) is 5.02 Å². The van der Waals surface area contributed by atoms with E-state index in [1.807, 2.05) is 44.2 Å². The summed E-state index contributed by atoms with van der Waals surface area (Å²) in [7, 11) is 0. The van der Waals surface area contributed by atoms with E-state index in [0.717, 1.165) is 26.9 Å². The summed E-state index contributed by atoms with van der Waals surface area (Å²) in [6, 6.07) is 9.64. The van der Waals surface area contributed by atoms with Crippen LogP contribution in [0.5, 0.6) is 0 Å². The minimum Gasteiger partial charge on any atom is -0.409 e. The van der Waals surface area contributed by atoms with Gasteiger partial charge in [0, 0.05) is 27.1 Å². The SMILES string of the molecule is Cc1cc(SCc2ccccc2Cl)c(/C(N)=N/O)c(C)n1. The molecule has 0 aliphatic rings. The van der Waals surface area contributed by atoms with E-state index in [2.05, 4.69) is 10.1 Å². The third-order valence-corrected chi connectivity index (χ3v) is 4.45. The molecule has 0 bridgehead atoms. The summed E-state index contributed by atoms with van der Waals surface area (Å²) >= 11 is 7.76. The maximum absolute atomic E-state index is 8.94. The molecule has 2 rings (SSSR count). The van der Waals surface area contributed by atoms with Crippen molar-refractivity contribution >= 4 is 29.2 Å². The Balaban J connectivity index is 2.33. The van der Waals surface area contributed by atoms with Gasteiger partial charge in [-0.1, -0.05) is 35.0 Å². The fourth-order valence-corrected chi connectivity index (χ4v) is 3.53. The molecule has 0 radical (unpaired) electrons. The van der Waals surface area contributed by atoms with E-state index in [1.54, 1.807) is 11.8 Å². The Hall–Kier alpha value is -1.72. The lowest BCUT2D eigenvalue weighted by atomic mass is 10.1. The van der Waals surface area contributed by atoms with Crippen LogP contribution in [0.1, 0.15) is 22.5 Å². The number of nitrogens with two attached hydrogens (primary N) is 1. The van der Waals surface area contributed by atoms with Crippen molar-refractivity contribution < 1.29 is 5.21 Å². The first-order chi connectivity index (χ1) is 10.0. The molecular formula is C15H16ClN3OS. The standard InChI is InChI=1S/C15H16ClN3OS/c1-9-7-13(14(10(2)18-9)15(17)19-20)21-8-11-5-3-4-6-12(11)16/h3-7,20H,8H2,1-2H3,(H2,17,19). The van der Waals surface area contributed by atoms with Crippen LogP contribution in [0.3, 0.4) is 0 Å². The summed E-state index contributed by atoms with van der Waals surface area (Å²) in [5.74, 6) is 0.774. The second kappa shape index (κ2) is 6.83. The van der Waals surface area contributed by atoms with Crippen LogP contribution < -0.4 is 5.73 Å². The highest BCUT2D eigenvalue weighted by Gasteiger charge is 2.14. The minimum absolute atomic E-state index is 0.0710. The van der Waals surface area contributed by atoms with Crippen molar-refractivity contribution in [2.24, 2.45) is 10.9 Å². The number of hydrogen-bond donors (Lipinski definition) is 2. The molecule has 0 aliphatic carbocycles. The van der Waals surface area contributed by atoms with Gasteiger partial charge in [0.1, 0.15) is 0 Å². The van der Waals surface area contributed by atoms with E-state index in [9.17, 15) is 0 Å². The molecule has 1 aromatic heterocycles. The first-order valence-corrected chi connectivity index (χ1v) is 7.71. The van der Waals surface area contributed by atoms with Gasteiger partial charge in [0.25, 0.3) is 0 Å². The minimum atomic E-state index is 0.0710. The molecule has 0 saturated heterocycles. The Morgan fingerprint density at radius 3 is 2.76 bits per heavy atom. The summed E-state index contributed by atoms with van der Waals surface area (Å²) in [6.07, 6.45) is 0. The molecular weight excluding hydrogens is 306 g/mol. The quantitative estimate of drug-likeness (QED) is 0.296. The number of pyridine rings is 1. The predicted molar refractivity (Wildman–Crippen MR) is 87.2 cm³/mol. The molecule has 2 aromatic rings. The molecule has 0 unspecified atom stereocenters. The number of rotatable bonds is 4. The van der Waals surface area contributed by atoms with Gasteiger partial charge in [0.2, 0.25) is 0 Å². The third kappa shape index (κ3) is 3.68. The lowest BCUT2D eigenvalue weighted by Gasteiger charge is -2.12. The van der Waals surface area contributed by atoms with Gasteiger partial charge in [0.05, 0.1) is 5.56 Å². The van der Waals surface area contributed by atoms with Crippen LogP contribution in [-0.2, 0) is 5.75 Å². The number of thioether (sulfide) groups is 1. The Bertz CT molecular complexity index is 689. The number of aromatic nitrogens is 1. The van der Waals surface area contributed by atoms with Crippen molar-refractivity contribution in [2.45, 2.75) is 24.5 Å². The number of benzene rings is 1.